The minimum atomic E-state index is -2.81. The topological polar surface area (TPSA) is 142 Å². The summed E-state index contributed by atoms with van der Waals surface area (Å²) < 4.78 is 35.1. The highest BCUT2D eigenvalue weighted by Gasteiger charge is 2.28. The van der Waals surface area contributed by atoms with Crippen LogP contribution < -0.4 is 9.64 Å². The smallest absolute Gasteiger partial charge is 0.324 e. The molecule has 34 heavy (non-hydrogen) atoms. The molecule has 1 unspecified atom stereocenters. The average Bonchev–Trinajstić information content (AvgIpc) is 3.54. The number of nitrogens with zero attached hydrogens (tertiary/aromatic N) is 8. The van der Waals surface area contributed by atoms with Crippen molar-refractivity contribution in [1.29, 1.82) is 0 Å². The van der Waals surface area contributed by atoms with Crippen LogP contribution in [0.15, 0.2) is 28.3 Å². The van der Waals surface area contributed by atoms with Gasteiger partial charge in [-0.1, -0.05) is 19.0 Å². The van der Waals surface area contributed by atoms with Gasteiger partial charge in [0.25, 0.3) is 5.19 Å². The molecule has 1 saturated heterocycles. The molecule has 5 rings (SSSR count). The molecule has 0 spiro atoms. The third kappa shape index (κ3) is 4.59. The van der Waals surface area contributed by atoms with Crippen molar-refractivity contribution in [2.24, 2.45) is 5.92 Å². The van der Waals surface area contributed by atoms with E-state index in [0.717, 1.165) is 31.8 Å². The first kappa shape index (κ1) is 22.7. The van der Waals surface area contributed by atoms with Crippen LogP contribution in [0.2, 0.25) is 0 Å². The number of rotatable bonds is 7. The van der Waals surface area contributed by atoms with Crippen LogP contribution in [0.5, 0.6) is 5.19 Å². The first-order valence-corrected chi connectivity index (χ1v) is 12.9. The first-order chi connectivity index (χ1) is 16.4. The molecule has 0 N–H and O–H groups in total. The molecular formula is C20H24N8O4S2. The van der Waals surface area contributed by atoms with E-state index in [-0.39, 0.29) is 17.2 Å². The highest BCUT2D eigenvalue weighted by Crippen LogP contribution is 2.30. The van der Waals surface area contributed by atoms with Crippen LogP contribution in [0.4, 0.5) is 6.01 Å². The van der Waals surface area contributed by atoms with Gasteiger partial charge >= 0.3 is 6.01 Å². The van der Waals surface area contributed by atoms with E-state index in [0.29, 0.717) is 33.3 Å². The minimum Gasteiger partial charge on any atom is -0.466 e. The van der Waals surface area contributed by atoms with Crippen molar-refractivity contribution in [3.63, 3.8) is 0 Å². The molecule has 0 radical (unpaired) electrons. The molecule has 4 aromatic rings. The lowest BCUT2D eigenvalue weighted by atomic mass is 9.92. The number of anilines is 1. The maximum Gasteiger partial charge on any atom is 0.324 e. The van der Waals surface area contributed by atoms with Gasteiger partial charge < -0.3 is 14.2 Å². The normalized spacial score (nSPS) is 16.1. The Balaban J connectivity index is 1.19. The van der Waals surface area contributed by atoms with Crippen molar-refractivity contribution in [1.82, 2.24) is 34.7 Å². The zero-order valence-corrected chi connectivity index (χ0v) is 20.6. The van der Waals surface area contributed by atoms with E-state index in [1.807, 2.05) is 13.8 Å². The van der Waals surface area contributed by atoms with Gasteiger partial charge in [-0.25, -0.2) is 27.9 Å². The Morgan fingerprint density at radius 3 is 2.50 bits per heavy atom. The SMILES string of the molecule is CC(C)c1noc(N2CCC(C(C)Oc3nn4cc(-c5cnc([SH](=O)=O)nc5)nc4s3)CC2)n1. The summed E-state index contributed by atoms with van der Waals surface area (Å²) >= 11 is 1.35. The summed E-state index contributed by atoms with van der Waals surface area (Å²) in [6.07, 6.45) is 6.53. The number of hydrogen-bond acceptors (Lipinski definition) is 12. The van der Waals surface area contributed by atoms with Crippen LogP contribution in [0.25, 0.3) is 16.2 Å². The molecule has 180 valence electrons. The second kappa shape index (κ2) is 9.25. The van der Waals surface area contributed by atoms with Gasteiger partial charge in [-0.15, -0.1) is 5.10 Å². The predicted molar refractivity (Wildman–Crippen MR) is 124 cm³/mol. The molecule has 14 heteroatoms. The zero-order chi connectivity index (χ0) is 23.8. The Morgan fingerprint density at radius 2 is 1.88 bits per heavy atom. The van der Waals surface area contributed by atoms with E-state index in [9.17, 15) is 8.42 Å². The fourth-order valence-electron chi connectivity index (χ4n) is 3.82. The molecule has 0 saturated carbocycles. The second-order valence-corrected chi connectivity index (χ2v) is 10.3. The van der Waals surface area contributed by atoms with Crippen LogP contribution in [0.3, 0.4) is 0 Å². The molecule has 1 atom stereocenters. The van der Waals surface area contributed by atoms with Gasteiger partial charge in [-0.05, 0) is 37.0 Å². The third-order valence-electron chi connectivity index (χ3n) is 5.83. The number of piperidine rings is 1. The van der Waals surface area contributed by atoms with E-state index >= 15 is 0 Å². The fourth-order valence-corrected chi connectivity index (χ4v) is 4.94. The van der Waals surface area contributed by atoms with Crippen LogP contribution in [-0.2, 0) is 10.7 Å². The van der Waals surface area contributed by atoms with Crippen molar-refractivity contribution in [3.8, 4) is 16.5 Å². The van der Waals surface area contributed by atoms with Gasteiger partial charge in [0.15, 0.2) is 5.82 Å². The quantitative estimate of drug-likeness (QED) is 0.293. The summed E-state index contributed by atoms with van der Waals surface area (Å²) in [6, 6.07) is 0.592. The van der Waals surface area contributed by atoms with E-state index in [4.69, 9.17) is 9.26 Å². The third-order valence-corrected chi connectivity index (χ3v) is 7.20. The van der Waals surface area contributed by atoms with Gasteiger partial charge in [0.1, 0.15) is 6.10 Å². The lowest BCUT2D eigenvalue weighted by Gasteiger charge is -2.33. The highest BCUT2D eigenvalue weighted by molar-refractivity contribution is 7.72. The molecule has 1 fully saturated rings. The fraction of sp³-hybridized carbons (Fsp3) is 0.500. The van der Waals surface area contributed by atoms with Gasteiger partial charge in [0.05, 0.1) is 11.9 Å². The van der Waals surface area contributed by atoms with E-state index in [2.05, 4.69) is 42.0 Å². The zero-order valence-electron chi connectivity index (χ0n) is 18.9. The Bertz CT molecular complexity index is 1310. The Kier molecular flexibility index (Phi) is 6.16. The largest absolute Gasteiger partial charge is 0.466 e. The molecular weight excluding hydrogens is 480 g/mol. The molecule has 0 bridgehead atoms. The van der Waals surface area contributed by atoms with Crippen molar-refractivity contribution >= 4 is 33.0 Å². The van der Waals surface area contributed by atoms with Crippen LogP contribution in [-0.4, -0.2) is 62.3 Å². The summed E-state index contributed by atoms with van der Waals surface area (Å²) in [4.78, 5) is 19.5. The lowest BCUT2D eigenvalue weighted by Crippen LogP contribution is -2.38. The van der Waals surface area contributed by atoms with E-state index in [1.165, 1.54) is 23.7 Å². The molecule has 1 aliphatic rings. The van der Waals surface area contributed by atoms with Gasteiger partial charge in [0.2, 0.25) is 20.8 Å². The van der Waals surface area contributed by atoms with Crippen LogP contribution >= 0.6 is 11.3 Å². The minimum absolute atomic E-state index is 0.00130. The molecule has 4 aromatic heterocycles. The maximum atomic E-state index is 11.0. The van der Waals surface area contributed by atoms with Gasteiger partial charge in [-0.3, -0.25) is 0 Å². The molecule has 12 nitrogen and oxygen atoms in total. The Labute approximate surface area is 201 Å². The molecule has 5 heterocycles. The second-order valence-electron chi connectivity index (χ2n) is 8.49. The summed E-state index contributed by atoms with van der Waals surface area (Å²) in [5.41, 5.74) is 1.22. The summed E-state index contributed by atoms with van der Waals surface area (Å²) in [5.74, 6) is 1.36. The molecule has 0 aromatic carbocycles. The average molecular weight is 505 g/mol. The molecule has 1 aliphatic heterocycles. The number of thiol groups is 1. The van der Waals surface area contributed by atoms with E-state index in [1.54, 1.807) is 10.7 Å². The van der Waals surface area contributed by atoms with Crippen molar-refractivity contribution < 1.29 is 17.7 Å². The number of fused-ring (bicyclic) bond motifs is 1. The van der Waals surface area contributed by atoms with Crippen LogP contribution in [0.1, 0.15) is 45.4 Å². The molecule has 0 amide bonds. The monoisotopic (exact) mass is 504 g/mol. The number of aromatic nitrogens is 7. The van der Waals surface area contributed by atoms with E-state index < -0.39 is 10.7 Å². The Morgan fingerprint density at radius 1 is 1.15 bits per heavy atom. The maximum absolute atomic E-state index is 11.0. The predicted octanol–water partition coefficient (Wildman–Crippen LogP) is 2.41. The number of ether oxygens (including phenoxy) is 1. The lowest BCUT2D eigenvalue weighted by molar-refractivity contribution is 0.130. The van der Waals surface area contributed by atoms with Crippen molar-refractivity contribution in [2.75, 3.05) is 18.0 Å². The number of hydrogen-bond donors (Lipinski definition) is 1. The van der Waals surface area contributed by atoms with Crippen molar-refractivity contribution in [3.05, 3.63) is 24.4 Å². The van der Waals surface area contributed by atoms with Crippen LogP contribution in [0, 0.1) is 5.92 Å². The number of imidazole rings is 1. The van der Waals surface area contributed by atoms with Crippen molar-refractivity contribution in [2.45, 2.75) is 50.8 Å². The molecule has 0 aliphatic carbocycles. The van der Waals surface area contributed by atoms with Gasteiger partial charge in [-0.2, -0.15) is 4.98 Å². The Hall–Kier alpha value is -3.13. The highest BCUT2D eigenvalue weighted by atomic mass is 32.2. The first-order valence-electron chi connectivity index (χ1n) is 11.0. The summed E-state index contributed by atoms with van der Waals surface area (Å²) in [5, 5.41) is 8.88. The standard InChI is InChI=1S/C20H24N8O4S2/c1-11(2)16-24-18(32-26-16)27-6-4-13(5-7-27)12(3)31-20-25-28-10-15(23-19(28)33-20)14-8-21-17(22-9-14)34(29)30/h8-13,34H,4-7H2,1-3H3. The van der Waals surface area contributed by atoms with Gasteiger partial charge in [0, 0.05) is 37.0 Å². The summed E-state index contributed by atoms with van der Waals surface area (Å²) in [6.45, 7) is 7.83. The summed E-state index contributed by atoms with van der Waals surface area (Å²) in [7, 11) is -2.81.